The van der Waals surface area contributed by atoms with Crippen molar-refractivity contribution in [2.24, 2.45) is 17.8 Å². The Kier molecular flexibility index (Phi) is 5.39. The number of carbonyl (C=O) groups excluding carboxylic acids is 2. The van der Waals surface area contributed by atoms with Crippen LogP contribution in [0, 0.1) is 17.8 Å². The molecule has 0 saturated heterocycles. The molecule has 2 rings (SSSR count). The number of aliphatic carboxylic acids is 1. The summed E-state index contributed by atoms with van der Waals surface area (Å²) in [5.41, 5.74) is 1.54. The predicted molar refractivity (Wildman–Crippen MR) is 88.6 cm³/mol. The molecule has 6 nitrogen and oxygen atoms in total. The number of hydrogen-bond donors (Lipinski definition) is 2. The summed E-state index contributed by atoms with van der Waals surface area (Å²) >= 11 is 0. The van der Waals surface area contributed by atoms with Gasteiger partial charge in [-0.2, -0.15) is 0 Å². The van der Waals surface area contributed by atoms with Crippen LogP contribution in [-0.2, 0) is 14.3 Å². The fourth-order valence-corrected chi connectivity index (χ4v) is 3.22. The molecule has 1 aromatic rings. The van der Waals surface area contributed by atoms with E-state index in [1.54, 1.807) is 31.2 Å². The van der Waals surface area contributed by atoms with Crippen LogP contribution in [0.5, 0.6) is 0 Å². The van der Waals surface area contributed by atoms with Gasteiger partial charge in [0.25, 0.3) is 0 Å². The molecule has 0 spiro atoms. The molecule has 0 aromatic heterocycles. The summed E-state index contributed by atoms with van der Waals surface area (Å²) in [5.74, 6) is -3.67. The van der Waals surface area contributed by atoms with Crippen molar-refractivity contribution in [1.82, 2.24) is 0 Å². The topological polar surface area (TPSA) is 92.7 Å². The maximum absolute atomic E-state index is 12.7. The number of anilines is 1. The van der Waals surface area contributed by atoms with Gasteiger partial charge in [-0.15, -0.1) is 0 Å². The van der Waals surface area contributed by atoms with E-state index in [1.165, 1.54) is 7.11 Å². The van der Waals surface area contributed by atoms with Gasteiger partial charge < -0.3 is 15.2 Å². The van der Waals surface area contributed by atoms with Crippen LogP contribution in [0.25, 0.3) is 0 Å². The number of nitrogens with one attached hydrogen (secondary N) is 1. The van der Waals surface area contributed by atoms with Crippen LogP contribution in [0.15, 0.2) is 35.9 Å². The van der Waals surface area contributed by atoms with Gasteiger partial charge in [-0.3, -0.25) is 9.59 Å². The fraction of sp³-hybridized carbons (Fsp3) is 0.389. The highest BCUT2D eigenvalue weighted by atomic mass is 16.5. The minimum absolute atomic E-state index is 0.233. The first kappa shape index (κ1) is 17.7. The normalized spacial score (nSPS) is 23.1. The Balaban J connectivity index is 2.28. The van der Waals surface area contributed by atoms with Gasteiger partial charge in [-0.1, -0.05) is 30.7 Å². The first-order valence-electron chi connectivity index (χ1n) is 7.73. The Morgan fingerprint density at radius 3 is 2.54 bits per heavy atom. The third-order valence-corrected chi connectivity index (χ3v) is 4.30. The summed E-state index contributed by atoms with van der Waals surface area (Å²) in [6, 6.07) is 6.49. The summed E-state index contributed by atoms with van der Waals surface area (Å²) in [6.45, 7) is 3.68. The van der Waals surface area contributed by atoms with Gasteiger partial charge in [0.2, 0.25) is 5.91 Å². The number of esters is 1. The molecule has 3 atom stereocenters. The summed E-state index contributed by atoms with van der Waals surface area (Å²) < 4.78 is 4.70. The van der Waals surface area contributed by atoms with E-state index in [2.05, 4.69) is 5.32 Å². The Labute approximate surface area is 140 Å². The molecule has 0 aliphatic heterocycles. The van der Waals surface area contributed by atoms with Crippen LogP contribution in [0.2, 0.25) is 0 Å². The largest absolute Gasteiger partial charge is 0.481 e. The summed E-state index contributed by atoms with van der Waals surface area (Å²) in [6.07, 6.45) is 2.28. The Bertz CT molecular complexity index is 694. The molecule has 1 aliphatic carbocycles. The van der Waals surface area contributed by atoms with E-state index in [0.29, 0.717) is 12.1 Å². The van der Waals surface area contributed by atoms with E-state index in [-0.39, 0.29) is 11.5 Å². The van der Waals surface area contributed by atoms with Crippen molar-refractivity contribution >= 4 is 23.5 Å². The standard InChI is InChI=1S/C18H21NO5/c1-10-8-11(2)15(17(21)22)13(9-10)16(20)19-14-7-5-4-6-12(14)18(23)24-3/h4-8,11,13,15H,9H2,1-3H3,(H,19,20)(H,21,22)/t11?,13-,15+/m0/s1. The van der Waals surface area contributed by atoms with Gasteiger partial charge in [0, 0.05) is 0 Å². The first-order valence-corrected chi connectivity index (χ1v) is 7.73. The SMILES string of the molecule is COC(=O)c1ccccc1NC(=O)[C@H]1CC(C)=CC(C)[C@H]1C(=O)O. The number of carboxylic acid groups (broad SMARTS) is 1. The zero-order valence-electron chi connectivity index (χ0n) is 13.9. The lowest BCUT2D eigenvalue weighted by atomic mass is 9.73. The van der Waals surface area contributed by atoms with Crippen LogP contribution in [0.1, 0.15) is 30.6 Å². The molecule has 1 aliphatic rings. The van der Waals surface area contributed by atoms with Crippen LogP contribution in [0.4, 0.5) is 5.69 Å². The summed E-state index contributed by atoms with van der Waals surface area (Å²) in [7, 11) is 1.26. The summed E-state index contributed by atoms with van der Waals surface area (Å²) in [5, 5.41) is 12.2. The zero-order chi connectivity index (χ0) is 17.9. The van der Waals surface area contributed by atoms with Gasteiger partial charge in [-0.05, 0) is 31.4 Å². The molecule has 6 heteroatoms. The van der Waals surface area contributed by atoms with Gasteiger partial charge in [0.1, 0.15) is 0 Å². The summed E-state index contributed by atoms with van der Waals surface area (Å²) in [4.78, 5) is 36.1. The molecule has 1 aromatic carbocycles. The number of amides is 1. The highest BCUT2D eigenvalue weighted by Gasteiger charge is 2.39. The van der Waals surface area contributed by atoms with E-state index in [0.717, 1.165) is 5.57 Å². The molecule has 1 unspecified atom stereocenters. The molecule has 0 saturated carbocycles. The van der Waals surface area contributed by atoms with Crippen molar-refractivity contribution in [2.45, 2.75) is 20.3 Å². The quantitative estimate of drug-likeness (QED) is 0.654. The van der Waals surface area contributed by atoms with Gasteiger partial charge >= 0.3 is 11.9 Å². The fourth-order valence-electron chi connectivity index (χ4n) is 3.22. The van der Waals surface area contributed by atoms with E-state index in [9.17, 15) is 19.5 Å². The average molecular weight is 331 g/mol. The number of carboxylic acids is 1. The minimum Gasteiger partial charge on any atom is -0.481 e. The molecule has 0 fully saturated rings. The minimum atomic E-state index is -0.993. The first-order chi connectivity index (χ1) is 11.3. The third kappa shape index (κ3) is 3.64. The van der Waals surface area contributed by atoms with Crippen LogP contribution < -0.4 is 5.32 Å². The molecule has 0 radical (unpaired) electrons. The van der Waals surface area contributed by atoms with Crippen LogP contribution in [-0.4, -0.2) is 30.1 Å². The molecule has 128 valence electrons. The predicted octanol–water partition coefficient (Wildman–Crippen LogP) is 2.71. The van der Waals surface area contributed by atoms with Crippen molar-refractivity contribution in [3.8, 4) is 0 Å². The molecule has 2 N–H and O–H groups in total. The molecule has 0 heterocycles. The van der Waals surface area contributed by atoms with E-state index in [4.69, 9.17) is 4.74 Å². The number of para-hydroxylation sites is 1. The van der Waals surface area contributed by atoms with Gasteiger partial charge in [0.15, 0.2) is 0 Å². The molecule has 24 heavy (non-hydrogen) atoms. The number of hydrogen-bond acceptors (Lipinski definition) is 4. The van der Waals surface area contributed by atoms with Crippen LogP contribution in [0.3, 0.4) is 0 Å². The Morgan fingerprint density at radius 2 is 1.92 bits per heavy atom. The van der Waals surface area contributed by atoms with Crippen molar-refractivity contribution in [2.75, 3.05) is 12.4 Å². The molecule has 0 bridgehead atoms. The highest BCUT2D eigenvalue weighted by Crippen LogP contribution is 2.35. The van der Waals surface area contributed by atoms with Crippen LogP contribution >= 0.6 is 0 Å². The van der Waals surface area contributed by atoms with Crippen molar-refractivity contribution in [3.05, 3.63) is 41.5 Å². The smallest absolute Gasteiger partial charge is 0.339 e. The van der Waals surface area contributed by atoms with Crippen molar-refractivity contribution in [1.29, 1.82) is 0 Å². The lowest BCUT2D eigenvalue weighted by molar-refractivity contribution is -0.148. The highest BCUT2D eigenvalue weighted by molar-refractivity contribution is 6.02. The monoisotopic (exact) mass is 331 g/mol. The Morgan fingerprint density at radius 1 is 1.25 bits per heavy atom. The molecular weight excluding hydrogens is 310 g/mol. The van der Waals surface area contributed by atoms with E-state index in [1.807, 2.05) is 13.0 Å². The molecular formula is C18H21NO5. The van der Waals surface area contributed by atoms with Gasteiger partial charge in [-0.25, -0.2) is 4.79 Å². The number of rotatable bonds is 4. The number of methoxy groups -OCH3 is 1. The molecule has 1 amide bonds. The zero-order valence-corrected chi connectivity index (χ0v) is 13.9. The third-order valence-electron chi connectivity index (χ3n) is 4.30. The maximum atomic E-state index is 12.7. The second kappa shape index (κ2) is 7.29. The van der Waals surface area contributed by atoms with E-state index >= 15 is 0 Å². The van der Waals surface area contributed by atoms with Gasteiger partial charge in [0.05, 0.1) is 30.2 Å². The van der Waals surface area contributed by atoms with E-state index < -0.39 is 29.7 Å². The number of carbonyl (C=O) groups is 3. The Hall–Kier alpha value is -2.63. The van der Waals surface area contributed by atoms with Crippen molar-refractivity contribution < 1.29 is 24.2 Å². The number of ether oxygens (including phenoxy) is 1. The lowest BCUT2D eigenvalue weighted by Gasteiger charge is -2.31. The number of allylic oxidation sites excluding steroid dienone is 2. The second-order valence-corrected chi connectivity index (χ2v) is 6.07. The lowest BCUT2D eigenvalue weighted by Crippen LogP contribution is -2.39. The second-order valence-electron chi connectivity index (χ2n) is 6.07. The number of benzene rings is 1. The van der Waals surface area contributed by atoms with Crippen molar-refractivity contribution in [3.63, 3.8) is 0 Å². The average Bonchev–Trinajstić information content (AvgIpc) is 2.53. The maximum Gasteiger partial charge on any atom is 0.339 e.